The number of anilines is 1. The third kappa shape index (κ3) is 5.87. The molecule has 30 heavy (non-hydrogen) atoms. The minimum atomic E-state index is -0.344. The molecule has 0 radical (unpaired) electrons. The minimum absolute atomic E-state index is 0.185. The quantitative estimate of drug-likeness (QED) is 0.539. The number of amides is 3. The average Bonchev–Trinajstić information content (AvgIpc) is 2.75. The summed E-state index contributed by atoms with van der Waals surface area (Å²) in [5, 5.41) is 8.07. The van der Waals surface area contributed by atoms with Crippen molar-refractivity contribution in [1.29, 1.82) is 0 Å². The van der Waals surface area contributed by atoms with E-state index in [2.05, 4.69) is 16.0 Å². The zero-order valence-electron chi connectivity index (χ0n) is 17.3. The molecule has 0 bridgehead atoms. The van der Waals surface area contributed by atoms with Crippen molar-refractivity contribution >= 4 is 23.4 Å². The normalized spacial score (nSPS) is 10.0. The number of hydrogen-bond acceptors (Lipinski definition) is 6. The molecule has 0 fully saturated rings. The largest absolute Gasteiger partial charge is 0.493 e. The molecule has 2 aromatic rings. The summed E-state index contributed by atoms with van der Waals surface area (Å²) in [5.74, 6) is 0.328. The third-order valence-corrected chi connectivity index (χ3v) is 4.09. The number of nitrogens with one attached hydrogen (secondary N) is 3. The number of benzene rings is 2. The third-order valence-electron chi connectivity index (χ3n) is 4.09. The van der Waals surface area contributed by atoms with Gasteiger partial charge in [0.15, 0.2) is 11.5 Å². The number of ether oxygens (including phenoxy) is 3. The molecule has 0 heterocycles. The summed E-state index contributed by atoms with van der Waals surface area (Å²) in [5.41, 5.74) is 1.39. The van der Waals surface area contributed by atoms with E-state index >= 15 is 0 Å². The molecule has 0 saturated carbocycles. The predicted octanol–water partition coefficient (Wildman–Crippen LogP) is 1.83. The molecule has 2 rings (SSSR count). The van der Waals surface area contributed by atoms with Gasteiger partial charge in [0, 0.05) is 36.8 Å². The van der Waals surface area contributed by atoms with Crippen LogP contribution in [0, 0.1) is 0 Å². The van der Waals surface area contributed by atoms with Crippen molar-refractivity contribution < 1.29 is 28.6 Å². The Kier molecular flexibility index (Phi) is 8.04. The van der Waals surface area contributed by atoms with Crippen molar-refractivity contribution in [3.8, 4) is 17.2 Å². The SMILES string of the molecule is COc1cc(C(=O)NCCNC(=O)c2ccc(NC(C)=O)cc2)cc(OC)c1OC. The van der Waals surface area contributed by atoms with Crippen molar-refractivity contribution in [1.82, 2.24) is 10.6 Å². The Bertz CT molecular complexity index is 886. The Labute approximate surface area is 174 Å². The molecule has 9 heteroatoms. The van der Waals surface area contributed by atoms with E-state index in [4.69, 9.17) is 14.2 Å². The van der Waals surface area contributed by atoms with Gasteiger partial charge in [-0.15, -0.1) is 0 Å². The molecule has 0 unspecified atom stereocenters. The number of rotatable bonds is 9. The van der Waals surface area contributed by atoms with Crippen LogP contribution in [0.3, 0.4) is 0 Å². The molecule has 0 atom stereocenters. The molecule has 160 valence electrons. The topological polar surface area (TPSA) is 115 Å². The van der Waals surface area contributed by atoms with E-state index < -0.39 is 0 Å². The van der Waals surface area contributed by atoms with Gasteiger partial charge in [0.25, 0.3) is 11.8 Å². The maximum atomic E-state index is 12.4. The minimum Gasteiger partial charge on any atom is -0.493 e. The average molecular weight is 415 g/mol. The van der Waals surface area contributed by atoms with Crippen LogP contribution >= 0.6 is 0 Å². The molecule has 9 nitrogen and oxygen atoms in total. The molecule has 2 aromatic carbocycles. The lowest BCUT2D eigenvalue weighted by molar-refractivity contribution is -0.114. The van der Waals surface area contributed by atoms with E-state index in [-0.39, 0.29) is 30.8 Å². The fourth-order valence-corrected chi connectivity index (χ4v) is 2.68. The lowest BCUT2D eigenvalue weighted by Crippen LogP contribution is -2.34. The van der Waals surface area contributed by atoms with Crippen LogP contribution in [0.1, 0.15) is 27.6 Å². The Morgan fingerprint density at radius 2 is 1.27 bits per heavy atom. The van der Waals surface area contributed by atoms with Crippen LogP contribution in [0.4, 0.5) is 5.69 Å². The second kappa shape index (κ2) is 10.7. The fourth-order valence-electron chi connectivity index (χ4n) is 2.68. The predicted molar refractivity (Wildman–Crippen MR) is 112 cm³/mol. The summed E-state index contributed by atoms with van der Waals surface area (Å²) >= 11 is 0. The summed E-state index contributed by atoms with van der Waals surface area (Å²) < 4.78 is 15.7. The summed E-state index contributed by atoms with van der Waals surface area (Å²) in [7, 11) is 4.42. The molecule has 0 aromatic heterocycles. The van der Waals surface area contributed by atoms with E-state index in [1.165, 1.54) is 28.3 Å². The van der Waals surface area contributed by atoms with Crippen LogP contribution in [0.25, 0.3) is 0 Å². The summed E-state index contributed by atoms with van der Waals surface area (Å²) in [6, 6.07) is 9.59. The van der Waals surface area contributed by atoms with Gasteiger partial charge in [-0.2, -0.15) is 0 Å². The number of carbonyl (C=O) groups is 3. The van der Waals surface area contributed by atoms with Gasteiger partial charge >= 0.3 is 0 Å². The first-order valence-corrected chi connectivity index (χ1v) is 9.13. The second-order valence-corrected chi connectivity index (χ2v) is 6.18. The number of methoxy groups -OCH3 is 3. The van der Waals surface area contributed by atoms with Gasteiger partial charge in [0.05, 0.1) is 21.3 Å². The highest BCUT2D eigenvalue weighted by Crippen LogP contribution is 2.38. The Balaban J connectivity index is 1.88. The Hall–Kier alpha value is -3.75. The van der Waals surface area contributed by atoms with Crippen molar-refractivity contribution in [2.75, 3.05) is 39.7 Å². The van der Waals surface area contributed by atoms with Crippen LogP contribution in [-0.4, -0.2) is 52.1 Å². The Morgan fingerprint density at radius 3 is 1.70 bits per heavy atom. The van der Waals surface area contributed by atoms with Gasteiger partial charge in [-0.05, 0) is 36.4 Å². The van der Waals surface area contributed by atoms with Gasteiger partial charge in [0.2, 0.25) is 11.7 Å². The van der Waals surface area contributed by atoms with Crippen LogP contribution in [0.15, 0.2) is 36.4 Å². The lowest BCUT2D eigenvalue weighted by atomic mass is 10.1. The monoisotopic (exact) mass is 415 g/mol. The van der Waals surface area contributed by atoms with E-state index in [1.54, 1.807) is 36.4 Å². The van der Waals surface area contributed by atoms with Crippen molar-refractivity contribution in [3.05, 3.63) is 47.5 Å². The highest BCUT2D eigenvalue weighted by Gasteiger charge is 2.16. The number of hydrogen-bond donors (Lipinski definition) is 3. The van der Waals surface area contributed by atoms with Crippen molar-refractivity contribution in [2.45, 2.75) is 6.92 Å². The van der Waals surface area contributed by atoms with Crippen LogP contribution in [0.2, 0.25) is 0 Å². The highest BCUT2D eigenvalue weighted by molar-refractivity contribution is 5.96. The summed E-state index contributed by atoms with van der Waals surface area (Å²) in [6.07, 6.45) is 0. The Morgan fingerprint density at radius 1 is 0.767 bits per heavy atom. The van der Waals surface area contributed by atoms with Crippen molar-refractivity contribution in [3.63, 3.8) is 0 Å². The fraction of sp³-hybridized carbons (Fsp3) is 0.286. The van der Waals surface area contributed by atoms with Crippen LogP contribution < -0.4 is 30.2 Å². The standard InChI is InChI=1S/C21H25N3O6/c1-13(25)24-16-7-5-14(6-8-16)20(26)22-9-10-23-21(27)15-11-17(28-2)19(30-4)18(12-15)29-3/h5-8,11-12H,9-10H2,1-4H3,(H,22,26)(H,23,27)(H,24,25). The number of carbonyl (C=O) groups excluding carboxylic acids is 3. The first-order chi connectivity index (χ1) is 14.4. The summed E-state index contributed by atoms with van der Waals surface area (Å²) in [4.78, 5) is 35.6. The zero-order valence-corrected chi connectivity index (χ0v) is 17.3. The summed E-state index contributed by atoms with van der Waals surface area (Å²) in [6.45, 7) is 1.88. The van der Waals surface area contributed by atoms with Gasteiger partial charge < -0.3 is 30.2 Å². The van der Waals surface area contributed by atoms with Gasteiger partial charge in [0.1, 0.15) is 0 Å². The lowest BCUT2D eigenvalue weighted by Gasteiger charge is -2.14. The first kappa shape index (κ1) is 22.5. The molecule has 0 saturated heterocycles. The molecular weight excluding hydrogens is 390 g/mol. The molecule has 0 aliphatic rings. The second-order valence-electron chi connectivity index (χ2n) is 6.18. The molecule has 0 aliphatic heterocycles. The first-order valence-electron chi connectivity index (χ1n) is 9.13. The van der Waals surface area contributed by atoms with Crippen LogP contribution in [-0.2, 0) is 4.79 Å². The van der Waals surface area contributed by atoms with E-state index in [9.17, 15) is 14.4 Å². The van der Waals surface area contributed by atoms with E-state index in [0.717, 1.165) is 0 Å². The molecular formula is C21H25N3O6. The maximum absolute atomic E-state index is 12.4. The van der Waals surface area contributed by atoms with Crippen molar-refractivity contribution in [2.24, 2.45) is 0 Å². The highest BCUT2D eigenvalue weighted by atomic mass is 16.5. The van der Waals surface area contributed by atoms with E-state index in [0.29, 0.717) is 34.1 Å². The zero-order chi connectivity index (χ0) is 22.1. The molecule has 0 aliphatic carbocycles. The van der Waals surface area contributed by atoms with E-state index in [1.807, 2.05) is 0 Å². The molecule has 0 spiro atoms. The molecule has 3 amide bonds. The molecule has 3 N–H and O–H groups in total. The van der Waals surface area contributed by atoms with Crippen LogP contribution in [0.5, 0.6) is 17.2 Å². The van der Waals surface area contributed by atoms with Gasteiger partial charge in [-0.25, -0.2) is 0 Å². The van der Waals surface area contributed by atoms with Gasteiger partial charge in [-0.3, -0.25) is 14.4 Å². The smallest absolute Gasteiger partial charge is 0.251 e. The van der Waals surface area contributed by atoms with Gasteiger partial charge in [-0.1, -0.05) is 0 Å². The maximum Gasteiger partial charge on any atom is 0.251 e.